The fourth-order valence-electron chi connectivity index (χ4n) is 1.73. The number of nitrogens with two attached hydrogens (primary N) is 1. The van der Waals surface area contributed by atoms with E-state index >= 15 is 0 Å². The van der Waals surface area contributed by atoms with E-state index in [-0.39, 0.29) is 11.8 Å². The predicted molar refractivity (Wildman–Crippen MR) is 65.6 cm³/mol. The summed E-state index contributed by atoms with van der Waals surface area (Å²) in [7, 11) is 0. The van der Waals surface area contributed by atoms with Gasteiger partial charge in [0.1, 0.15) is 5.75 Å². The van der Waals surface area contributed by atoms with Crippen LogP contribution in [0, 0.1) is 0 Å². The number of ether oxygens (including phenoxy) is 1. The Hall–Kier alpha value is -2.01. The van der Waals surface area contributed by atoms with Gasteiger partial charge in [0.2, 0.25) is 0 Å². The third-order valence-corrected chi connectivity index (χ3v) is 2.63. The normalized spacial score (nSPS) is 13.1. The summed E-state index contributed by atoms with van der Waals surface area (Å²) in [6.07, 6.45) is -4.68. The Morgan fingerprint density at radius 3 is 1.89 bits per heavy atom. The van der Waals surface area contributed by atoms with Crippen molar-refractivity contribution in [3.05, 3.63) is 65.7 Å². The van der Waals surface area contributed by atoms with E-state index in [1.165, 1.54) is 24.3 Å². The maximum Gasteiger partial charge on any atom is 0.573 e. The van der Waals surface area contributed by atoms with Crippen molar-refractivity contribution in [2.24, 2.45) is 5.73 Å². The molecule has 2 nitrogen and oxygen atoms in total. The molecule has 2 aromatic rings. The molecule has 0 aromatic heterocycles. The Morgan fingerprint density at radius 2 is 1.37 bits per heavy atom. The Bertz CT molecular complexity index is 523. The smallest absolute Gasteiger partial charge is 0.406 e. The van der Waals surface area contributed by atoms with Crippen molar-refractivity contribution in [1.29, 1.82) is 0 Å². The van der Waals surface area contributed by atoms with E-state index in [2.05, 4.69) is 4.74 Å². The molecule has 0 aliphatic rings. The van der Waals surface area contributed by atoms with E-state index in [0.717, 1.165) is 11.1 Å². The third-order valence-electron chi connectivity index (χ3n) is 2.63. The summed E-state index contributed by atoms with van der Waals surface area (Å²) < 4.78 is 39.9. The summed E-state index contributed by atoms with van der Waals surface area (Å²) in [5.74, 6) is -0.253. The van der Waals surface area contributed by atoms with Gasteiger partial charge in [0.25, 0.3) is 0 Å². The highest BCUT2D eigenvalue weighted by Crippen LogP contribution is 2.25. The van der Waals surface area contributed by atoms with E-state index < -0.39 is 6.36 Å². The van der Waals surface area contributed by atoms with Gasteiger partial charge in [-0.3, -0.25) is 0 Å². The number of halogens is 3. The summed E-state index contributed by atoms with van der Waals surface area (Å²) in [5, 5.41) is 0. The van der Waals surface area contributed by atoms with E-state index in [9.17, 15) is 13.2 Å². The molecule has 2 aromatic carbocycles. The highest BCUT2D eigenvalue weighted by Gasteiger charge is 2.31. The molecular weight excluding hydrogens is 255 g/mol. The lowest BCUT2D eigenvalue weighted by Gasteiger charge is -2.14. The van der Waals surface area contributed by atoms with Crippen LogP contribution in [0.15, 0.2) is 54.6 Å². The Kier molecular flexibility index (Phi) is 3.76. The molecule has 0 unspecified atom stereocenters. The van der Waals surface area contributed by atoms with Gasteiger partial charge in [-0.1, -0.05) is 42.5 Å². The molecule has 2 rings (SSSR count). The van der Waals surface area contributed by atoms with Crippen LogP contribution in [0.2, 0.25) is 0 Å². The van der Waals surface area contributed by atoms with Gasteiger partial charge in [-0.25, -0.2) is 0 Å². The van der Waals surface area contributed by atoms with Crippen molar-refractivity contribution >= 4 is 0 Å². The minimum absolute atomic E-state index is 0.253. The SMILES string of the molecule is N[C@@H](c1ccccc1)c1ccc(OC(F)(F)F)cc1. The molecule has 0 aliphatic heterocycles. The lowest BCUT2D eigenvalue weighted by atomic mass is 10.00. The van der Waals surface area contributed by atoms with E-state index in [0.29, 0.717) is 0 Å². The summed E-state index contributed by atoms with van der Waals surface area (Å²) in [6, 6.07) is 14.5. The Labute approximate surface area is 108 Å². The molecule has 19 heavy (non-hydrogen) atoms. The van der Waals surface area contributed by atoms with Gasteiger partial charge in [0.15, 0.2) is 0 Å². The van der Waals surface area contributed by atoms with Crippen LogP contribution in [0.4, 0.5) is 13.2 Å². The second-order valence-electron chi connectivity index (χ2n) is 4.01. The first kappa shape index (κ1) is 13.4. The number of alkyl halides is 3. The van der Waals surface area contributed by atoms with Crippen molar-refractivity contribution in [3.63, 3.8) is 0 Å². The number of rotatable bonds is 3. The van der Waals surface area contributed by atoms with Gasteiger partial charge in [0, 0.05) is 0 Å². The number of benzene rings is 2. The minimum Gasteiger partial charge on any atom is -0.406 e. The molecule has 0 spiro atoms. The second kappa shape index (κ2) is 5.32. The molecule has 0 heterocycles. The van der Waals surface area contributed by atoms with Crippen LogP contribution >= 0.6 is 0 Å². The predicted octanol–water partition coefficient (Wildman–Crippen LogP) is 3.63. The fourth-order valence-corrected chi connectivity index (χ4v) is 1.73. The molecule has 0 bridgehead atoms. The molecule has 5 heteroatoms. The van der Waals surface area contributed by atoms with Crippen LogP contribution in [-0.4, -0.2) is 6.36 Å². The van der Waals surface area contributed by atoms with Gasteiger partial charge in [0.05, 0.1) is 6.04 Å². The zero-order valence-electron chi connectivity index (χ0n) is 9.89. The Balaban J connectivity index is 2.15. The molecular formula is C14H12F3NO. The number of hydrogen-bond acceptors (Lipinski definition) is 2. The molecule has 2 N–H and O–H groups in total. The molecule has 0 saturated carbocycles. The minimum atomic E-state index is -4.68. The molecule has 0 saturated heterocycles. The lowest BCUT2D eigenvalue weighted by molar-refractivity contribution is -0.274. The average Bonchev–Trinajstić information content (AvgIpc) is 2.38. The zero-order valence-corrected chi connectivity index (χ0v) is 9.89. The molecule has 100 valence electrons. The Morgan fingerprint density at radius 1 is 0.842 bits per heavy atom. The fraction of sp³-hybridized carbons (Fsp3) is 0.143. The van der Waals surface area contributed by atoms with Gasteiger partial charge >= 0.3 is 6.36 Å². The topological polar surface area (TPSA) is 35.2 Å². The quantitative estimate of drug-likeness (QED) is 0.921. The van der Waals surface area contributed by atoms with Crippen LogP contribution in [-0.2, 0) is 0 Å². The maximum absolute atomic E-state index is 12.0. The maximum atomic E-state index is 12.0. The van der Waals surface area contributed by atoms with E-state index in [1.807, 2.05) is 30.3 Å². The van der Waals surface area contributed by atoms with Crippen LogP contribution in [0.25, 0.3) is 0 Å². The average molecular weight is 267 g/mol. The highest BCUT2D eigenvalue weighted by molar-refractivity contribution is 5.35. The van der Waals surface area contributed by atoms with Crippen molar-refractivity contribution in [3.8, 4) is 5.75 Å². The highest BCUT2D eigenvalue weighted by atomic mass is 19.4. The van der Waals surface area contributed by atoms with Crippen LogP contribution in [0.3, 0.4) is 0 Å². The first-order chi connectivity index (χ1) is 8.96. The standard InChI is InChI=1S/C14H12F3NO/c15-14(16,17)19-12-8-6-11(7-9-12)13(18)10-4-2-1-3-5-10/h1-9,13H,18H2/t13-/m0/s1. The largest absolute Gasteiger partial charge is 0.573 e. The van der Waals surface area contributed by atoms with Gasteiger partial charge in [-0.05, 0) is 23.3 Å². The van der Waals surface area contributed by atoms with Crippen LogP contribution in [0.5, 0.6) is 5.75 Å². The lowest BCUT2D eigenvalue weighted by Crippen LogP contribution is -2.17. The zero-order chi connectivity index (χ0) is 13.9. The van der Waals surface area contributed by atoms with Crippen molar-refractivity contribution in [1.82, 2.24) is 0 Å². The van der Waals surface area contributed by atoms with Crippen LogP contribution < -0.4 is 10.5 Å². The first-order valence-electron chi connectivity index (χ1n) is 5.62. The third kappa shape index (κ3) is 3.72. The summed E-state index contributed by atoms with van der Waals surface area (Å²) in [6.45, 7) is 0. The first-order valence-corrected chi connectivity index (χ1v) is 5.62. The van der Waals surface area contributed by atoms with Gasteiger partial charge in [-0.15, -0.1) is 13.2 Å². The summed E-state index contributed by atoms with van der Waals surface area (Å²) in [5.41, 5.74) is 7.65. The molecule has 0 fully saturated rings. The molecule has 0 radical (unpaired) electrons. The summed E-state index contributed by atoms with van der Waals surface area (Å²) >= 11 is 0. The molecule has 0 amide bonds. The number of hydrogen-bond donors (Lipinski definition) is 1. The summed E-state index contributed by atoms with van der Waals surface area (Å²) in [4.78, 5) is 0. The molecule has 1 atom stereocenters. The monoisotopic (exact) mass is 267 g/mol. The second-order valence-corrected chi connectivity index (χ2v) is 4.01. The van der Waals surface area contributed by atoms with Crippen molar-refractivity contribution in [2.75, 3.05) is 0 Å². The van der Waals surface area contributed by atoms with E-state index in [4.69, 9.17) is 5.73 Å². The van der Waals surface area contributed by atoms with Gasteiger partial charge in [-0.2, -0.15) is 0 Å². The van der Waals surface area contributed by atoms with Crippen molar-refractivity contribution < 1.29 is 17.9 Å². The van der Waals surface area contributed by atoms with Crippen LogP contribution in [0.1, 0.15) is 17.2 Å². The van der Waals surface area contributed by atoms with Crippen molar-refractivity contribution in [2.45, 2.75) is 12.4 Å². The van der Waals surface area contributed by atoms with Gasteiger partial charge < -0.3 is 10.5 Å². The van der Waals surface area contributed by atoms with E-state index in [1.54, 1.807) is 0 Å². The molecule has 0 aliphatic carbocycles.